The van der Waals surface area contributed by atoms with Crippen molar-refractivity contribution in [3.63, 3.8) is 0 Å². The Kier molecular flexibility index (Phi) is 7.11. The zero-order valence-electron chi connectivity index (χ0n) is 13.5. The number of phenolic OH excluding ortho intramolecular Hbond substituents is 1. The lowest BCUT2D eigenvalue weighted by molar-refractivity contribution is -0.131. The molecule has 134 valence electrons. The second-order valence-electron chi connectivity index (χ2n) is 5.64. The van der Waals surface area contributed by atoms with Gasteiger partial charge < -0.3 is 15.3 Å². The first-order valence-electron chi connectivity index (χ1n) is 7.81. The van der Waals surface area contributed by atoms with Gasteiger partial charge >= 0.3 is 0 Å². The van der Waals surface area contributed by atoms with Gasteiger partial charge in [-0.05, 0) is 42.0 Å². The van der Waals surface area contributed by atoms with Crippen LogP contribution < -0.4 is 5.32 Å². The number of hydrogen-bond donors (Lipinski definition) is 2. The van der Waals surface area contributed by atoms with Gasteiger partial charge in [0.25, 0.3) is 0 Å². The molecular weight excluding hydrogens is 363 g/mol. The molecule has 7 heteroatoms. The van der Waals surface area contributed by atoms with Gasteiger partial charge in [0.1, 0.15) is 11.6 Å². The highest BCUT2D eigenvalue weighted by Crippen LogP contribution is 2.26. The Labute approximate surface area is 156 Å². The Morgan fingerprint density at radius 1 is 1.28 bits per heavy atom. The van der Waals surface area contributed by atoms with E-state index in [1.165, 1.54) is 23.9 Å². The number of benzene rings is 2. The highest BCUT2D eigenvalue weighted by molar-refractivity contribution is 8.00. The lowest BCUT2D eigenvalue weighted by Crippen LogP contribution is -2.49. The van der Waals surface area contributed by atoms with E-state index < -0.39 is 0 Å². The van der Waals surface area contributed by atoms with Crippen LogP contribution in [-0.2, 0) is 4.79 Å². The van der Waals surface area contributed by atoms with Crippen LogP contribution in [0.15, 0.2) is 53.4 Å². The van der Waals surface area contributed by atoms with Crippen molar-refractivity contribution in [1.29, 1.82) is 0 Å². The molecule has 0 bridgehead atoms. The monoisotopic (exact) mass is 382 g/mol. The third kappa shape index (κ3) is 5.11. The number of carbonyl (C=O) groups excluding carboxylic acids is 1. The van der Waals surface area contributed by atoms with E-state index in [0.29, 0.717) is 18.8 Å². The van der Waals surface area contributed by atoms with E-state index in [4.69, 9.17) is 0 Å². The van der Waals surface area contributed by atoms with Gasteiger partial charge in [0.15, 0.2) is 0 Å². The van der Waals surface area contributed by atoms with Crippen LogP contribution in [0.1, 0.15) is 11.6 Å². The number of thioether (sulfide) groups is 1. The van der Waals surface area contributed by atoms with Gasteiger partial charge in [-0.25, -0.2) is 4.39 Å². The Balaban J connectivity index is 0.00000225. The summed E-state index contributed by atoms with van der Waals surface area (Å²) in [6.45, 7) is 1.97. The number of halogens is 2. The zero-order chi connectivity index (χ0) is 16.9. The average molecular weight is 383 g/mol. The van der Waals surface area contributed by atoms with E-state index >= 15 is 0 Å². The molecule has 1 fully saturated rings. The van der Waals surface area contributed by atoms with Crippen molar-refractivity contribution in [2.24, 2.45) is 0 Å². The summed E-state index contributed by atoms with van der Waals surface area (Å²) >= 11 is 1.43. The maximum atomic E-state index is 13.5. The Morgan fingerprint density at radius 2 is 2.04 bits per heavy atom. The second kappa shape index (κ2) is 9.08. The average Bonchev–Trinajstić information content (AvgIpc) is 2.61. The summed E-state index contributed by atoms with van der Waals surface area (Å²) in [5.41, 5.74) is 0.810. The minimum absolute atomic E-state index is 0. The lowest BCUT2D eigenvalue weighted by atomic mass is 10.0. The van der Waals surface area contributed by atoms with Crippen LogP contribution in [0.4, 0.5) is 4.39 Å². The van der Waals surface area contributed by atoms with Gasteiger partial charge in [-0.2, -0.15) is 0 Å². The molecule has 1 amide bonds. The first-order valence-corrected chi connectivity index (χ1v) is 8.79. The summed E-state index contributed by atoms with van der Waals surface area (Å²) in [5, 5.41) is 12.6. The molecule has 1 saturated heterocycles. The lowest BCUT2D eigenvalue weighted by Gasteiger charge is -2.36. The van der Waals surface area contributed by atoms with Crippen molar-refractivity contribution in [3.05, 3.63) is 59.9 Å². The number of amides is 1. The SMILES string of the molecule is Cl.O=C(CSc1ccc(O)cc1)N1CCNCC1c1cccc(F)c1. The molecule has 2 N–H and O–H groups in total. The number of phenols is 1. The second-order valence-corrected chi connectivity index (χ2v) is 6.69. The number of piperazine rings is 1. The highest BCUT2D eigenvalue weighted by Gasteiger charge is 2.27. The normalized spacial score (nSPS) is 17.0. The molecule has 2 aromatic carbocycles. The molecule has 25 heavy (non-hydrogen) atoms. The standard InChI is InChI=1S/C18H19FN2O2S.ClH/c19-14-3-1-2-13(10-14)17-11-20-8-9-21(17)18(23)12-24-16-6-4-15(22)5-7-16;/h1-7,10,17,20,22H,8-9,11-12H2;1H. The Bertz CT molecular complexity index is 714. The zero-order valence-corrected chi connectivity index (χ0v) is 15.2. The Hall–Kier alpha value is -1.76. The summed E-state index contributed by atoms with van der Waals surface area (Å²) in [7, 11) is 0. The van der Waals surface area contributed by atoms with Crippen LogP contribution in [0.25, 0.3) is 0 Å². The fraction of sp³-hybridized carbons (Fsp3) is 0.278. The van der Waals surface area contributed by atoms with Gasteiger partial charge in [0.2, 0.25) is 5.91 Å². The highest BCUT2D eigenvalue weighted by atomic mass is 35.5. The molecule has 1 heterocycles. The van der Waals surface area contributed by atoms with Crippen LogP contribution in [0.5, 0.6) is 5.75 Å². The van der Waals surface area contributed by atoms with E-state index in [1.54, 1.807) is 30.3 Å². The number of carbonyl (C=O) groups is 1. The number of nitrogens with one attached hydrogen (secondary N) is 1. The predicted octanol–water partition coefficient (Wildman–Crippen LogP) is 3.22. The molecule has 0 aliphatic carbocycles. The number of rotatable bonds is 4. The third-order valence-electron chi connectivity index (χ3n) is 4.00. The van der Waals surface area contributed by atoms with Crippen LogP contribution in [0.3, 0.4) is 0 Å². The largest absolute Gasteiger partial charge is 0.508 e. The summed E-state index contributed by atoms with van der Waals surface area (Å²) < 4.78 is 13.5. The molecule has 0 aromatic heterocycles. The van der Waals surface area contributed by atoms with E-state index in [0.717, 1.165) is 17.0 Å². The quantitative estimate of drug-likeness (QED) is 0.797. The van der Waals surface area contributed by atoms with Crippen molar-refractivity contribution < 1.29 is 14.3 Å². The predicted molar refractivity (Wildman–Crippen MR) is 99.8 cm³/mol. The molecule has 1 aliphatic heterocycles. The fourth-order valence-corrected chi connectivity index (χ4v) is 3.57. The van der Waals surface area contributed by atoms with E-state index in [9.17, 15) is 14.3 Å². The molecular formula is C18H20ClFN2O2S. The molecule has 1 unspecified atom stereocenters. The maximum Gasteiger partial charge on any atom is 0.233 e. The molecule has 1 aliphatic rings. The maximum absolute atomic E-state index is 13.5. The number of aromatic hydroxyl groups is 1. The minimum Gasteiger partial charge on any atom is -0.508 e. The number of hydrogen-bond acceptors (Lipinski definition) is 4. The van der Waals surface area contributed by atoms with Gasteiger partial charge in [-0.1, -0.05) is 12.1 Å². The molecule has 0 radical (unpaired) electrons. The Morgan fingerprint density at radius 3 is 2.76 bits per heavy atom. The van der Waals surface area contributed by atoms with Crippen LogP contribution >= 0.6 is 24.2 Å². The molecule has 0 saturated carbocycles. The van der Waals surface area contributed by atoms with E-state index in [1.807, 2.05) is 11.0 Å². The van der Waals surface area contributed by atoms with Gasteiger partial charge in [0.05, 0.1) is 11.8 Å². The minimum atomic E-state index is -0.288. The van der Waals surface area contributed by atoms with E-state index in [-0.39, 0.29) is 35.9 Å². The first kappa shape index (κ1) is 19.6. The summed E-state index contributed by atoms with van der Waals surface area (Å²) in [5.74, 6) is 0.267. The molecule has 1 atom stereocenters. The summed E-state index contributed by atoms with van der Waals surface area (Å²) in [4.78, 5) is 15.4. The van der Waals surface area contributed by atoms with Gasteiger partial charge in [-0.15, -0.1) is 24.2 Å². The van der Waals surface area contributed by atoms with Crippen molar-refractivity contribution >= 4 is 30.1 Å². The van der Waals surface area contributed by atoms with Crippen LogP contribution in [-0.4, -0.2) is 41.3 Å². The number of nitrogens with zero attached hydrogens (tertiary/aromatic N) is 1. The molecule has 2 aromatic rings. The first-order chi connectivity index (χ1) is 11.6. The van der Waals surface area contributed by atoms with Crippen molar-refractivity contribution in [2.45, 2.75) is 10.9 Å². The van der Waals surface area contributed by atoms with Gasteiger partial charge in [-0.3, -0.25) is 4.79 Å². The molecule has 3 rings (SSSR count). The van der Waals surface area contributed by atoms with Crippen LogP contribution in [0.2, 0.25) is 0 Å². The van der Waals surface area contributed by atoms with E-state index in [2.05, 4.69) is 5.32 Å². The van der Waals surface area contributed by atoms with Crippen molar-refractivity contribution in [3.8, 4) is 5.75 Å². The van der Waals surface area contributed by atoms with Gasteiger partial charge in [0, 0.05) is 24.5 Å². The third-order valence-corrected chi connectivity index (χ3v) is 4.99. The summed E-state index contributed by atoms with van der Waals surface area (Å²) in [6, 6.07) is 13.1. The summed E-state index contributed by atoms with van der Waals surface area (Å²) in [6.07, 6.45) is 0. The van der Waals surface area contributed by atoms with Crippen LogP contribution in [0, 0.1) is 5.82 Å². The van der Waals surface area contributed by atoms with Crippen molar-refractivity contribution in [2.75, 3.05) is 25.4 Å². The topological polar surface area (TPSA) is 52.6 Å². The molecule has 0 spiro atoms. The molecule has 4 nitrogen and oxygen atoms in total. The fourth-order valence-electron chi connectivity index (χ4n) is 2.78. The smallest absolute Gasteiger partial charge is 0.233 e. The van der Waals surface area contributed by atoms with Crippen molar-refractivity contribution in [1.82, 2.24) is 10.2 Å².